The summed E-state index contributed by atoms with van der Waals surface area (Å²) in [4.78, 5) is 26.9. The number of amides is 1. The molecule has 1 saturated heterocycles. The van der Waals surface area contributed by atoms with Crippen LogP contribution >= 0.6 is 0 Å². The molecule has 0 unspecified atom stereocenters. The maximum atomic E-state index is 12.7. The number of benzene rings is 1. The number of hydrogen-bond donors (Lipinski definition) is 0. The summed E-state index contributed by atoms with van der Waals surface area (Å²) in [5, 5.41) is 0. The van der Waals surface area contributed by atoms with E-state index in [1.165, 1.54) is 0 Å². The lowest BCUT2D eigenvalue weighted by atomic mass is 10.1. The number of allylic oxidation sites excluding steroid dienone is 1. The van der Waals surface area contributed by atoms with E-state index in [4.69, 9.17) is 9.47 Å². The number of hydrogen-bond acceptors (Lipinski definition) is 4. The Morgan fingerprint density at radius 1 is 1.23 bits per heavy atom. The average Bonchev–Trinajstić information content (AvgIpc) is 3.01. The van der Waals surface area contributed by atoms with Crippen molar-refractivity contribution in [3.05, 3.63) is 48.6 Å². The molecule has 1 amide bonds. The molecule has 5 heteroatoms. The molecule has 1 fully saturated rings. The fourth-order valence-corrected chi connectivity index (χ4v) is 3.12. The van der Waals surface area contributed by atoms with Gasteiger partial charge < -0.3 is 9.47 Å². The molecule has 0 N–H and O–H groups in total. The van der Waals surface area contributed by atoms with Gasteiger partial charge in [-0.1, -0.05) is 36.4 Å². The monoisotopic (exact) mass is 359 g/mol. The summed E-state index contributed by atoms with van der Waals surface area (Å²) in [6.45, 7) is 9.41. The summed E-state index contributed by atoms with van der Waals surface area (Å²) in [7, 11) is 0. The summed E-state index contributed by atoms with van der Waals surface area (Å²) >= 11 is 0. The van der Waals surface area contributed by atoms with E-state index >= 15 is 0 Å². The number of nitrogens with zero attached hydrogens (tertiary/aromatic N) is 1. The highest BCUT2D eigenvalue weighted by molar-refractivity contribution is 5.82. The number of ether oxygens (including phenoxy) is 2. The second-order valence-electron chi connectivity index (χ2n) is 7.59. The van der Waals surface area contributed by atoms with Crippen LogP contribution in [0.2, 0.25) is 0 Å². The second-order valence-corrected chi connectivity index (χ2v) is 7.59. The highest BCUT2D eigenvalue weighted by Gasteiger charge is 2.43. The van der Waals surface area contributed by atoms with Crippen LogP contribution in [0.4, 0.5) is 4.79 Å². The van der Waals surface area contributed by atoms with Crippen LogP contribution in [0.1, 0.15) is 52.0 Å². The highest BCUT2D eigenvalue weighted by Crippen LogP contribution is 2.30. The molecule has 0 radical (unpaired) electrons. The van der Waals surface area contributed by atoms with Crippen molar-refractivity contribution in [1.82, 2.24) is 4.90 Å². The largest absolute Gasteiger partial charge is 0.459 e. The molecule has 0 aliphatic carbocycles. The van der Waals surface area contributed by atoms with Gasteiger partial charge in [0.15, 0.2) is 0 Å². The zero-order valence-electron chi connectivity index (χ0n) is 15.9. The number of esters is 1. The number of carbonyl (C=O) groups excluding carboxylic acids is 2. The van der Waals surface area contributed by atoms with Gasteiger partial charge in [-0.15, -0.1) is 6.58 Å². The first-order chi connectivity index (χ1) is 12.3. The van der Waals surface area contributed by atoms with Gasteiger partial charge >= 0.3 is 12.1 Å². The lowest BCUT2D eigenvalue weighted by molar-refractivity contribution is -0.150. The first-order valence-electron chi connectivity index (χ1n) is 9.14. The fraction of sp³-hybridized carbons (Fsp3) is 0.524. The third kappa shape index (κ3) is 5.61. The van der Waals surface area contributed by atoms with Crippen molar-refractivity contribution in [3.63, 3.8) is 0 Å². The Hall–Kier alpha value is -2.30. The van der Waals surface area contributed by atoms with Gasteiger partial charge in [0.2, 0.25) is 0 Å². The number of likely N-dealkylation sites (tertiary alicyclic amines) is 1. The second kappa shape index (κ2) is 8.88. The number of rotatable bonds is 6. The van der Waals surface area contributed by atoms with E-state index in [9.17, 15) is 9.59 Å². The standard InChI is InChI=1S/C21H29NO4/c1-5-6-12-17-13-14-18(22(17)20(24)26-21(2,3)4)19(23)25-15-16-10-8-7-9-11-16/h5,7-11,17-18H,1,6,12-15H2,2-4H3/t17-,18+/m1/s1. The minimum absolute atomic E-state index is 0.0304. The smallest absolute Gasteiger partial charge is 0.411 e. The SMILES string of the molecule is C=CCC[C@@H]1CC[C@@H](C(=O)OCc2ccccc2)N1C(=O)OC(C)(C)C. The first-order valence-corrected chi connectivity index (χ1v) is 9.14. The third-order valence-corrected chi connectivity index (χ3v) is 4.31. The Morgan fingerprint density at radius 3 is 2.54 bits per heavy atom. The molecule has 1 aromatic carbocycles. The van der Waals surface area contributed by atoms with Gasteiger partial charge in [-0.25, -0.2) is 9.59 Å². The fourth-order valence-electron chi connectivity index (χ4n) is 3.12. The maximum absolute atomic E-state index is 12.7. The summed E-state index contributed by atoms with van der Waals surface area (Å²) in [5.41, 5.74) is 0.312. The van der Waals surface area contributed by atoms with E-state index in [0.29, 0.717) is 6.42 Å². The molecule has 0 aromatic heterocycles. The van der Waals surface area contributed by atoms with Gasteiger partial charge in [0.05, 0.1) is 0 Å². The normalized spacial score (nSPS) is 19.9. The van der Waals surface area contributed by atoms with Crippen LogP contribution in [-0.2, 0) is 20.9 Å². The molecule has 5 nitrogen and oxygen atoms in total. The summed E-state index contributed by atoms with van der Waals surface area (Å²) in [6, 6.07) is 8.90. The van der Waals surface area contributed by atoms with Crippen molar-refractivity contribution in [2.24, 2.45) is 0 Å². The molecule has 0 saturated carbocycles. The van der Waals surface area contributed by atoms with E-state index < -0.39 is 17.7 Å². The van der Waals surface area contributed by atoms with Gasteiger partial charge in [0.25, 0.3) is 0 Å². The van der Waals surface area contributed by atoms with Crippen LogP contribution in [0.3, 0.4) is 0 Å². The molecular formula is C21H29NO4. The zero-order valence-corrected chi connectivity index (χ0v) is 15.9. The minimum atomic E-state index is -0.610. The van der Waals surface area contributed by atoms with Gasteiger partial charge in [0.1, 0.15) is 18.2 Å². The summed E-state index contributed by atoms with van der Waals surface area (Å²) < 4.78 is 11.0. The van der Waals surface area contributed by atoms with Crippen molar-refractivity contribution >= 4 is 12.1 Å². The zero-order chi connectivity index (χ0) is 19.2. The maximum Gasteiger partial charge on any atom is 0.411 e. The van der Waals surface area contributed by atoms with Gasteiger partial charge in [-0.05, 0) is 52.0 Å². The third-order valence-electron chi connectivity index (χ3n) is 4.31. The Bertz CT molecular complexity index is 621. The van der Waals surface area contributed by atoms with Crippen LogP contribution < -0.4 is 0 Å². The van der Waals surface area contributed by atoms with Gasteiger partial charge in [0, 0.05) is 6.04 Å². The van der Waals surface area contributed by atoms with E-state index in [1.807, 2.05) is 57.2 Å². The van der Waals surface area contributed by atoms with E-state index in [2.05, 4.69) is 6.58 Å². The topological polar surface area (TPSA) is 55.8 Å². The quantitative estimate of drug-likeness (QED) is 0.556. The van der Waals surface area contributed by atoms with Gasteiger partial charge in [-0.3, -0.25) is 4.90 Å². The van der Waals surface area contributed by atoms with Crippen molar-refractivity contribution in [2.45, 2.75) is 70.7 Å². The molecule has 2 atom stereocenters. The molecule has 1 heterocycles. The van der Waals surface area contributed by atoms with E-state index in [-0.39, 0.29) is 18.6 Å². The Morgan fingerprint density at radius 2 is 1.92 bits per heavy atom. The van der Waals surface area contributed by atoms with Crippen LogP contribution in [0.25, 0.3) is 0 Å². The van der Waals surface area contributed by atoms with Crippen LogP contribution in [0.15, 0.2) is 43.0 Å². The van der Waals surface area contributed by atoms with Crippen molar-refractivity contribution in [2.75, 3.05) is 0 Å². The Labute approximate surface area is 156 Å². The van der Waals surface area contributed by atoms with Gasteiger partial charge in [-0.2, -0.15) is 0 Å². The minimum Gasteiger partial charge on any atom is -0.459 e. The highest BCUT2D eigenvalue weighted by atomic mass is 16.6. The van der Waals surface area contributed by atoms with E-state index in [0.717, 1.165) is 24.8 Å². The van der Waals surface area contributed by atoms with Crippen LogP contribution in [0, 0.1) is 0 Å². The lowest BCUT2D eigenvalue weighted by Crippen LogP contribution is -2.47. The van der Waals surface area contributed by atoms with Crippen molar-refractivity contribution in [3.8, 4) is 0 Å². The van der Waals surface area contributed by atoms with Crippen molar-refractivity contribution in [1.29, 1.82) is 0 Å². The number of carbonyl (C=O) groups is 2. The van der Waals surface area contributed by atoms with Crippen molar-refractivity contribution < 1.29 is 19.1 Å². The molecule has 26 heavy (non-hydrogen) atoms. The molecule has 142 valence electrons. The summed E-state index contributed by atoms with van der Waals surface area (Å²) in [6.07, 6.45) is 4.29. The molecule has 1 aliphatic rings. The predicted octanol–water partition coefficient (Wildman–Crippen LogP) is 4.46. The first kappa shape index (κ1) is 20.0. The summed E-state index contributed by atoms with van der Waals surface area (Å²) in [5.74, 6) is -0.374. The molecule has 1 aliphatic heterocycles. The molecule has 2 rings (SSSR count). The Kier molecular flexibility index (Phi) is 6.83. The van der Waals surface area contributed by atoms with E-state index in [1.54, 1.807) is 4.90 Å². The van der Waals surface area contributed by atoms with Crippen LogP contribution in [0.5, 0.6) is 0 Å². The molecular weight excluding hydrogens is 330 g/mol. The molecule has 0 bridgehead atoms. The Balaban J connectivity index is 2.06. The predicted molar refractivity (Wildman–Crippen MR) is 101 cm³/mol. The molecule has 1 aromatic rings. The average molecular weight is 359 g/mol. The lowest BCUT2D eigenvalue weighted by Gasteiger charge is -2.31. The van der Waals surface area contributed by atoms with Crippen LogP contribution in [-0.4, -0.2) is 34.6 Å². The molecule has 0 spiro atoms.